The van der Waals surface area contributed by atoms with Gasteiger partial charge in [-0.25, -0.2) is 4.98 Å². The molecule has 0 bridgehead atoms. The lowest BCUT2D eigenvalue weighted by atomic mass is 10.4. The van der Waals surface area contributed by atoms with E-state index in [1.54, 1.807) is 18.3 Å². The first-order chi connectivity index (χ1) is 5.83. The van der Waals surface area contributed by atoms with Crippen molar-refractivity contribution in [2.45, 2.75) is 6.42 Å². The third kappa shape index (κ3) is 2.75. The van der Waals surface area contributed by atoms with Gasteiger partial charge in [-0.2, -0.15) is 0 Å². The SMILES string of the molecule is NCCCOc1ccnc(N)c1. The van der Waals surface area contributed by atoms with Crippen LogP contribution >= 0.6 is 0 Å². The molecule has 0 amide bonds. The molecule has 0 saturated carbocycles. The van der Waals surface area contributed by atoms with Gasteiger partial charge in [0, 0.05) is 12.3 Å². The highest BCUT2D eigenvalue weighted by atomic mass is 16.5. The average Bonchev–Trinajstić information content (AvgIpc) is 2.05. The molecular formula is C8H13N3O. The van der Waals surface area contributed by atoms with E-state index in [4.69, 9.17) is 16.2 Å². The van der Waals surface area contributed by atoms with Crippen LogP contribution in [0.3, 0.4) is 0 Å². The normalized spacial score (nSPS) is 9.75. The Morgan fingerprint density at radius 2 is 2.33 bits per heavy atom. The van der Waals surface area contributed by atoms with Crippen molar-refractivity contribution >= 4 is 5.82 Å². The van der Waals surface area contributed by atoms with Crippen LogP contribution in [0.5, 0.6) is 5.75 Å². The highest BCUT2D eigenvalue weighted by Gasteiger charge is 1.93. The standard InChI is InChI=1S/C8H13N3O/c9-3-1-5-12-7-2-4-11-8(10)6-7/h2,4,6H,1,3,5,9H2,(H2,10,11). The fourth-order valence-corrected chi connectivity index (χ4v) is 0.791. The van der Waals surface area contributed by atoms with E-state index in [1.165, 1.54) is 0 Å². The second-order valence-corrected chi connectivity index (χ2v) is 2.41. The third-order valence-electron chi connectivity index (χ3n) is 1.37. The van der Waals surface area contributed by atoms with Gasteiger partial charge >= 0.3 is 0 Å². The number of anilines is 1. The molecule has 12 heavy (non-hydrogen) atoms. The monoisotopic (exact) mass is 167 g/mol. The lowest BCUT2D eigenvalue weighted by Gasteiger charge is -2.04. The first kappa shape index (κ1) is 8.80. The van der Waals surface area contributed by atoms with Gasteiger partial charge in [0.1, 0.15) is 11.6 Å². The van der Waals surface area contributed by atoms with E-state index >= 15 is 0 Å². The molecule has 0 aliphatic heterocycles. The Balaban J connectivity index is 2.41. The van der Waals surface area contributed by atoms with E-state index in [9.17, 15) is 0 Å². The molecule has 0 aromatic carbocycles. The summed E-state index contributed by atoms with van der Waals surface area (Å²) in [5.41, 5.74) is 10.8. The summed E-state index contributed by atoms with van der Waals surface area (Å²) < 4.78 is 5.33. The molecular weight excluding hydrogens is 154 g/mol. The second-order valence-electron chi connectivity index (χ2n) is 2.41. The first-order valence-corrected chi connectivity index (χ1v) is 3.87. The molecule has 4 heteroatoms. The fraction of sp³-hybridized carbons (Fsp3) is 0.375. The van der Waals surface area contributed by atoms with Crippen LogP contribution in [-0.2, 0) is 0 Å². The number of rotatable bonds is 4. The Bertz CT molecular complexity index is 239. The van der Waals surface area contributed by atoms with E-state index in [2.05, 4.69) is 4.98 Å². The Morgan fingerprint density at radius 1 is 1.50 bits per heavy atom. The minimum absolute atomic E-state index is 0.472. The maximum absolute atomic E-state index is 5.45. The molecule has 0 unspecified atom stereocenters. The number of nitrogens with two attached hydrogens (primary N) is 2. The van der Waals surface area contributed by atoms with E-state index in [1.807, 2.05) is 0 Å². The number of ether oxygens (including phenoxy) is 1. The van der Waals surface area contributed by atoms with Crippen LogP contribution < -0.4 is 16.2 Å². The van der Waals surface area contributed by atoms with Crippen molar-refractivity contribution < 1.29 is 4.74 Å². The van der Waals surface area contributed by atoms with Gasteiger partial charge in [0.15, 0.2) is 0 Å². The molecule has 4 nitrogen and oxygen atoms in total. The smallest absolute Gasteiger partial charge is 0.126 e. The van der Waals surface area contributed by atoms with Crippen molar-refractivity contribution in [2.75, 3.05) is 18.9 Å². The lowest BCUT2D eigenvalue weighted by Crippen LogP contribution is -2.06. The Morgan fingerprint density at radius 3 is 3.00 bits per heavy atom. The molecule has 4 N–H and O–H groups in total. The summed E-state index contributed by atoms with van der Waals surface area (Å²) in [6, 6.07) is 3.46. The number of pyridine rings is 1. The molecule has 66 valence electrons. The molecule has 0 radical (unpaired) electrons. The Kier molecular flexibility index (Phi) is 3.35. The van der Waals surface area contributed by atoms with E-state index in [0.717, 1.165) is 12.2 Å². The largest absolute Gasteiger partial charge is 0.493 e. The summed E-state index contributed by atoms with van der Waals surface area (Å²) in [6.45, 7) is 1.26. The zero-order valence-corrected chi connectivity index (χ0v) is 6.86. The highest BCUT2D eigenvalue weighted by Crippen LogP contribution is 2.11. The molecule has 0 fully saturated rings. The average molecular weight is 167 g/mol. The zero-order valence-electron chi connectivity index (χ0n) is 6.86. The van der Waals surface area contributed by atoms with Gasteiger partial charge in [-0.15, -0.1) is 0 Å². The van der Waals surface area contributed by atoms with Crippen LogP contribution in [0.25, 0.3) is 0 Å². The lowest BCUT2D eigenvalue weighted by molar-refractivity contribution is 0.313. The van der Waals surface area contributed by atoms with Gasteiger partial charge in [0.05, 0.1) is 6.61 Å². The summed E-state index contributed by atoms with van der Waals surface area (Å²) in [7, 11) is 0. The predicted molar refractivity (Wildman–Crippen MR) is 47.8 cm³/mol. The minimum Gasteiger partial charge on any atom is -0.493 e. The molecule has 0 saturated heterocycles. The predicted octanol–water partition coefficient (Wildman–Crippen LogP) is 0.391. The summed E-state index contributed by atoms with van der Waals surface area (Å²) in [4.78, 5) is 3.84. The van der Waals surface area contributed by atoms with Crippen molar-refractivity contribution in [1.29, 1.82) is 0 Å². The van der Waals surface area contributed by atoms with Gasteiger partial charge in [0.2, 0.25) is 0 Å². The van der Waals surface area contributed by atoms with E-state index in [0.29, 0.717) is 19.0 Å². The molecule has 0 spiro atoms. The first-order valence-electron chi connectivity index (χ1n) is 3.87. The van der Waals surface area contributed by atoms with E-state index in [-0.39, 0.29) is 0 Å². The number of nitrogens with zero attached hydrogens (tertiary/aromatic N) is 1. The van der Waals surface area contributed by atoms with Gasteiger partial charge in [-0.3, -0.25) is 0 Å². The number of aromatic nitrogens is 1. The van der Waals surface area contributed by atoms with Crippen LogP contribution in [0.1, 0.15) is 6.42 Å². The molecule has 1 heterocycles. The Hall–Kier alpha value is -1.29. The van der Waals surface area contributed by atoms with Crippen LogP contribution in [0.2, 0.25) is 0 Å². The number of hydrogen-bond acceptors (Lipinski definition) is 4. The molecule has 0 aliphatic carbocycles. The van der Waals surface area contributed by atoms with Gasteiger partial charge in [-0.1, -0.05) is 0 Å². The second kappa shape index (κ2) is 4.56. The van der Waals surface area contributed by atoms with Crippen molar-refractivity contribution in [3.05, 3.63) is 18.3 Å². The fourth-order valence-electron chi connectivity index (χ4n) is 0.791. The summed E-state index contributed by atoms with van der Waals surface area (Å²) >= 11 is 0. The van der Waals surface area contributed by atoms with Crippen LogP contribution in [0, 0.1) is 0 Å². The van der Waals surface area contributed by atoms with Gasteiger partial charge < -0.3 is 16.2 Å². The number of hydrogen-bond donors (Lipinski definition) is 2. The molecule has 0 aliphatic rings. The van der Waals surface area contributed by atoms with Crippen LogP contribution in [0.15, 0.2) is 18.3 Å². The molecule has 1 rings (SSSR count). The van der Waals surface area contributed by atoms with Crippen molar-refractivity contribution in [3.8, 4) is 5.75 Å². The molecule has 1 aromatic heterocycles. The van der Waals surface area contributed by atoms with Crippen molar-refractivity contribution in [2.24, 2.45) is 5.73 Å². The van der Waals surface area contributed by atoms with Crippen LogP contribution in [-0.4, -0.2) is 18.1 Å². The van der Waals surface area contributed by atoms with Crippen molar-refractivity contribution in [1.82, 2.24) is 4.98 Å². The zero-order chi connectivity index (χ0) is 8.81. The summed E-state index contributed by atoms with van der Waals surface area (Å²) in [5.74, 6) is 1.22. The van der Waals surface area contributed by atoms with E-state index < -0.39 is 0 Å². The van der Waals surface area contributed by atoms with Crippen molar-refractivity contribution in [3.63, 3.8) is 0 Å². The summed E-state index contributed by atoms with van der Waals surface area (Å²) in [6.07, 6.45) is 2.47. The molecule has 1 aromatic rings. The molecule has 0 atom stereocenters. The minimum atomic E-state index is 0.472. The summed E-state index contributed by atoms with van der Waals surface area (Å²) in [5, 5.41) is 0. The van der Waals surface area contributed by atoms with Crippen LogP contribution in [0.4, 0.5) is 5.82 Å². The topological polar surface area (TPSA) is 74.2 Å². The highest BCUT2D eigenvalue weighted by molar-refractivity contribution is 5.35. The Labute approximate surface area is 71.5 Å². The number of nitrogen functional groups attached to an aromatic ring is 1. The van der Waals surface area contributed by atoms with Gasteiger partial charge in [0.25, 0.3) is 0 Å². The maximum Gasteiger partial charge on any atom is 0.126 e. The maximum atomic E-state index is 5.45. The third-order valence-corrected chi connectivity index (χ3v) is 1.37. The van der Waals surface area contributed by atoms with Gasteiger partial charge in [-0.05, 0) is 19.0 Å². The quantitative estimate of drug-likeness (QED) is 0.636.